The predicted octanol–water partition coefficient (Wildman–Crippen LogP) is 2.37. The molecular weight excluding hydrogens is 156 g/mol. The standard InChI is InChI=1S/C9H12OS/c1-9(10,7-4-5-7)8-3-2-6-11-8/h2-3,6-7,10H,4-5H2,1H3. The molecule has 1 nitrogen and oxygen atoms in total. The monoisotopic (exact) mass is 168 g/mol. The van der Waals surface area contributed by atoms with Gasteiger partial charge in [0, 0.05) is 4.88 Å². The van der Waals surface area contributed by atoms with Gasteiger partial charge < -0.3 is 5.11 Å². The van der Waals surface area contributed by atoms with Crippen LogP contribution in [0.5, 0.6) is 0 Å². The van der Waals surface area contributed by atoms with Crippen LogP contribution in [0.2, 0.25) is 0 Å². The summed E-state index contributed by atoms with van der Waals surface area (Å²) in [7, 11) is 0. The van der Waals surface area contributed by atoms with Crippen molar-refractivity contribution >= 4 is 11.3 Å². The minimum absolute atomic E-state index is 0.515. The number of aliphatic hydroxyl groups is 1. The second-order valence-electron chi connectivity index (χ2n) is 3.40. The van der Waals surface area contributed by atoms with E-state index in [-0.39, 0.29) is 0 Å². The molecule has 60 valence electrons. The second kappa shape index (κ2) is 2.32. The maximum atomic E-state index is 10.0. The van der Waals surface area contributed by atoms with Crippen molar-refractivity contribution in [2.45, 2.75) is 25.4 Å². The average Bonchev–Trinajstić information content (AvgIpc) is 2.66. The number of thiophene rings is 1. The van der Waals surface area contributed by atoms with E-state index in [0.717, 1.165) is 4.88 Å². The summed E-state index contributed by atoms with van der Waals surface area (Å²) in [5.41, 5.74) is -0.547. The van der Waals surface area contributed by atoms with E-state index >= 15 is 0 Å². The first-order chi connectivity index (χ1) is 5.21. The maximum Gasteiger partial charge on any atom is 0.0987 e. The maximum absolute atomic E-state index is 10.0. The van der Waals surface area contributed by atoms with Crippen LogP contribution in [-0.4, -0.2) is 5.11 Å². The summed E-state index contributed by atoms with van der Waals surface area (Å²) in [6, 6.07) is 4.01. The molecular formula is C9H12OS. The first-order valence-corrected chi connectivity index (χ1v) is 4.85. The summed E-state index contributed by atoms with van der Waals surface area (Å²) < 4.78 is 0. The van der Waals surface area contributed by atoms with E-state index in [1.54, 1.807) is 11.3 Å². The van der Waals surface area contributed by atoms with Gasteiger partial charge in [-0.25, -0.2) is 0 Å². The Balaban J connectivity index is 2.26. The van der Waals surface area contributed by atoms with Gasteiger partial charge >= 0.3 is 0 Å². The zero-order valence-corrected chi connectivity index (χ0v) is 7.40. The summed E-state index contributed by atoms with van der Waals surface area (Å²) in [4.78, 5) is 1.11. The lowest BCUT2D eigenvalue weighted by Gasteiger charge is -2.20. The van der Waals surface area contributed by atoms with E-state index in [9.17, 15) is 5.11 Å². The quantitative estimate of drug-likeness (QED) is 0.718. The van der Waals surface area contributed by atoms with Crippen molar-refractivity contribution in [3.8, 4) is 0 Å². The van der Waals surface area contributed by atoms with E-state index in [2.05, 4.69) is 0 Å². The van der Waals surface area contributed by atoms with Gasteiger partial charge in [0.1, 0.15) is 0 Å². The SMILES string of the molecule is CC(O)(c1cccs1)C1CC1. The third-order valence-corrected chi connectivity index (χ3v) is 3.49. The first-order valence-electron chi connectivity index (χ1n) is 3.97. The second-order valence-corrected chi connectivity index (χ2v) is 4.35. The fourth-order valence-electron chi connectivity index (χ4n) is 1.41. The molecule has 2 rings (SSSR count). The fraction of sp³-hybridized carbons (Fsp3) is 0.556. The Hall–Kier alpha value is -0.340. The van der Waals surface area contributed by atoms with Crippen molar-refractivity contribution in [1.29, 1.82) is 0 Å². The molecule has 2 heteroatoms. The van der Waals surface area contributed by atoms with Crippen molar-refractivity contribution in [2.75, 3.05) is 0 Å². The van der Waals surface area contributed by atoms with Gasteiger partial charge in [0.15, 0.2) is 0 Å². The Morgan fingerprint density at radius 3 is 2.82 bits per heavy atom. The van der Waals surface area contributed by atoms with Crippen molar-refractivity contribution in [1.82, 2.24) is 0 Å². The van der Waals surface area contributed by atoms with Gasteiger partial charge in [-0.1, -0.05) is 6.07 Å². The molecule has 1 aliphatic carbocycles. The molecule has 0 aromatic carbocycles. The zero-order valence-electron chi connectivity index (χ0n) is 6.58. The summed E-state index contributed by atoms with van der Waals surface area (Å²) in [5.74, 6) is 0.515. The van der Waals surface area contributed by atoms with Crippen LogP contribution in [0.4, 0.5) is 0 Å². The van der Waals surface area contributed by atoms with Crippen LogP contribution in [0.25, 0.3) is 0 Å². The minimum atomic E-state index is -0.547. The van der Waals surface area contributed by atoms with Gasteiger partial charge in [0.2, 0.25) is 0 Å². The summed E-state index contributed by atoms with van der Waals surface area (Å²) in [6.07, 6.45) is 2.37. The Kier molecular flexibility index (Phi) is 1.55. The molecule has 0 spiro atoms. The van der Waals surface area contributed by atoms with Crippen molar-refractivity contribution in [2.24, 2.45) is 5.92 Å². The molecule has 11 heavy (non-hydrogen) atoms. The fourth-order valence-corrected chi connectivity index (χ4v) is 2.28. The highest BCUT2D eigenvalue weighted by Crippen LogP contribution is 2.46. The lowest BCUT2D eigenvalue weighted by atomic mass is 9.99. The Bertz CT molecular complexity index is 234. The van der Waals surface area contributed by atoms with Gasteiger partial charge in [0.05, 0.1) is 5.60 Å². The molecule has 0 radical (unpaired) electrons. The molecule has 0 amide bonds. The molecule has 1 N–H and O–H groups in total. The van der Waals surface area contributed by atoms with Gasteiger partial charge in [-0.15, -0.1) is 11.3 Å². The smallest absolute Gasteiger partial charge is 0.0987 e. The summed E-state index contributed by atoms with van der Waals surface area (Å²) in [6.45, 7) is 1.93. The van der Waals surface area contributed by atoms with E-state index in [1.807, 2.05) is 24.4 Å². The highest BCUT2D eigenvalue weighted by molar-refractivity contribution is 7.10. The number of hydrogen-bond donors (Lipinski definition) is 1. The molecule has 1 unspecified atom stereocenters. The third kappa shape index (κ3) is 1.21. The Labute approximate surface area is 70.7 Å². The molecule has 0 aliphatic heterocycles. The van der Waals surface area contributed by atoms with Crippen molar-refractivity contribution < 1.29 is 5.11 Å². The molecule has 1 saturated carbocycles. The summed E-state index contributed by atoms with van der Waals surface area (Å²) in [5, 5.41) is 12.0. The lowest BCUT2D eigenvalue weighted by molar-refractivity contribution is 0.0368. The average molecular weight is 168 g/mol. The predicted molar refractivity (Wildman–Crippen MR) is 46.6 cm³/mol. The van der Waals surface area contributed by atoms with Crippen molar-refractivity contribution in [3.05, 3.63) is 22.4 Å². The van der Waals surface area contributed by atoms with Crippen LogP contribution in [-0.2, 0) is 5.60 Å². The van der Waals surface area contributed by atoms with Gasteiger partial charge in [-0.2, -0.15) is 0 Å². The van der Waals surface area contributed by atoms with Crippen LogP contribution in [0.1, 0.15) is 24.6 Å². The minimum Gasteiger partial charge on any atom is -0.384 e. The molecule has 0 saturated heterocycles. The van der Waals surface area contributed by atoms with Gasteiger partial charge in [0.25, 0.3) is 0 Å². The molecule has 1 heterocycles. The highest BCUT2D eigenvalue weighted by atomic mass is 32.1. The molecule has 1 aromatic heterocycles. The highest BCUT2D eigenvalue weighted by Gasteiger charge is 2.41. The van der Waals surface area contributed by atoms with Crippen LogP contribution < -0.4 is 0 Å². The third-order valence-electron chi connectivity index (χ3n) is 2.39. The molecule has 1 atom stereocenters. The Morgan fingerprint density at radius 1 is 1.64 bits per heavy atom. The Morgan fingerprint density at radius 2 is 2.36 bits per heavy atom. The van der Waals surface area contributed by atoms with Crippen LogP contribution in [0.15, 0.2) is 17.5 Å². The lowest BCUT2D eigenvalue weighted by Crippen LogP contribution is -2.21. The van der Waals surface area contributed by atoms with Gasteiger partial charge in [-0.3, -0.25) is 0 Å². The van der Waals surface area contributed by atoms with Crippen LogP contribution >= 0.6 is 11.3 Å². The number of rotatable bonds is 2. The van der Waals surface area contributed by atoms with Crippen LogP contribution in [0.3, 0.4) is 0 Å². The van der Waals surface area contributed by atoms with E-state index in [4.69, 9.17) is 0 Å². The molecule has 1 fully saturated rings. The largest absolute Gasteiger partial charge is 0.384 e. The van der Waals surface area contributed by atoms with Gasteiger partial charge in [-0.05, 0) is 37.1 Å². The zero-order chi connectivity index (χ0) is 7.90. The topological polar surface area (TPSA) is 20.2 Å². The van der Waals surface area contributed by atoms with E-state index in [0.29, 0.717) is 5.92 Å². The van der Waals surface area contributed by atoms with E-state index in [1.165, 1.54) is 12.8 Å². The molecule has 1 aromatic rings. The molecule has 1 aliphatic rings. The van der Waals surface area contributed by atoms with Crippen LogP contribution in [0, 0.1) is 5.92 Å². The normalized spacial score (nSPS) is 23.1. The first kappa shape index (κ1) is 7.32. The number of hydrogen-bond acceptors (Lipinski definition) is 2. The molecule has 0 bridgehead atoms. The summed E-state index contributed by atoms with van der Waals surface area (Å²) >= 11 is 1.65. The van der Waals surface area contributed by atoms with E-state index < -0.39 is 5.60 Å². The van der Waals surface area contributed by atoms with Crippen molar-refractivity contribution in [3.63, 3.8) is 0 Å².